The van der Waals surface area contributed by atoms with Crippen LogP contribution in [0.15, 0.2) is 0 Å². The molecule has 0 radical (unpaired) electrons. The van der Waals surface area contributed by atoms with Crippen molar-refractivity contribution in [2.45, 2.75) is 31.2 Å². The third-order valence-corrected chi connectivity index (χ3v) is 2.70. The molecule has 3 nitrogen and oxygen atoms in total. The Labute approximate surface area is 66.5 Å². The van der Waals surface area contributed by atoms with E-state index >= 15 is 0 Å². The lowest BCUT2D eigenvalue weighted by atomic mass is 9.88. The minimum Gasteiger partial charge on any atom is -0.354 e. The van der Waals surface area contributed by atoms with E-state index in [1.165, 1.54) is 12.8 Å². The van der Waals surface area contributed by atoms with E-state index in [2.05, 4.69) is 10.6 Å². The van der Waals surface area contributed by atoms with Crippen molar-refractivity contribution in [1.29, 1.82) is 0 Å². The van der Waals surface area contributed by atoms with Crippen LogP contribution < -0.4 is 10.6 Å². The van der Waals surface area contributed by atoms with Crippen LogP contribution in [0.25, 0.3) is 0 Å². The average Bonchev–Trinajstić information content (AvgIpc) is 2.34. The number of rotatable bonds is 0. The minimum absolute atomic E-state index is 0.134. The van der Waals surface area contributed by atoms with Gasteiger partial charge in [0.1, 0.15) is 0 Å². The van der Waals surface area contributed by atoms with Gasteiger partial charge in [-0.05, 0) is 19.4 Å². The number of carbonyl (C=O) groups excluding carboxylic acids is 1. The fourth-order valence-electron chi connectivity index (χ4n) is 2.03. The molecule has 2 heterocycles. The van der Waals surface area contributed by atoms with Crippen molar-refractivity contribution in [1.82, 2.24) is 10.6 Å². The van der Waals surface area contributed by atoms with E-state index in [0.29, 0.717) is 6.42 Å². The summed E-state index contributed by atoms with van der Waals surface area (Å²) in [6.07, 6.45) is 4.37. The first kappa shape index (κ1) is 7.10. The summed E-state index contributed by atoms with van der Waals surface area (Å²) >= 11 is 0. The van der Waals surface area contributed by atoms with Crippen LogP contribution in [-0.2, 0) is 4.79 Å². The quantitative estimate of drug-likeness (QED) is 0.516. The zero-order valence-corrected chi connectivity index (χ0v) is 6.65. The molecule has 2 aliphatic rings. The highest BCUT2D eigenvalue weighted by molar-refractivity contribution is 5.80. The molecule has 0 saturated carbocycles. The van der Waals surface area contributed by atoms with E-state index in [-0.39, 0.29) is 11.4 Å². The molecule has 2 fully saturated rings. The van der Waals surface area contributed by atoms with E-state index in [9.17, 15) is 4.79 Å². The molecule has 0 bridgehead atoms. The standard InChI is InChI=1S/C8H14N2O/c11-7-5-8(6-9-7)3-1-2-4-10-8/h10H,1-6H2,(H,9,11)/t8-/m1/s1. The van der Waals surface area contributed by atoms with E-state index in [0.717, 1.165) is 19.5 Å². The smallest absolute Gasteiger partial charge is 0.221 e. The Hall–Kier alpha value is -0.570. The highest BCUT2D eigenvalue weighted by Gasteiger charge is 2.38. The molecule has 2 saturated heterocycles. The molecule has 11 heavy (non-hydrogen) atoms. The summed E-state index contributed by atoms with van der Waals surface area (Å²) in [6.45, 7) is 1.92. The van der Waals surface area contributed by atoms with Crippen LogP contribution in [0.3, 0.4) is 0 Å². The first-order chi connectivity index (χ1) is 5.31. The van der Waals surface area contributed by atoms with Crippen LogP contribution >= 0.6 is 0 Å². The summed E-state index contributed by atoms with van der Waals surface area (Å²) in [6, 6.07) is 0. The Morgan fingerprint density at radius 3 is 2.82 bits per heavy atom. The maximum Gasteiger partial charge on any atom is 0.221 e. The van der Waals surface area contributed by atoms with E-state index in [1.807, 2.05) is 0 Å². The Bertz CT molecular complexity index is 173. The van der Waals surface area contributed by atoms with E-state index < -0.39 is 0 Å². The lowest BCUT2D eigenvalue weighted by molar-refractivity contribution is -0.119. The topological polar surface area (TPSA) is 41.1 Å². The molecule has 0 aromatic heterocycles. The van der Waals surface area contributed by atoms with Crippen molar-refractivity contribution in [3.8, 4) is 0 Å². The molecule has 1 atom stereocenters. The summed E-state index contributed by atoms with van der Waals surface area (Å²) in [5, 5.41) is 6.32. The van der Waals surface area contributed by atoms with Gasteiger partial charge in [-0.15, -0.1) is 0 Å². The third-order valence-electron chi connectivity index (χ3n) is 2.70. The third kappa shape index (κ3) is 1.25. The number of piperidine rings is 1. The molecule has 0 aromatic rings. The van der Waals surface area contributed by atoms with Crippen LogP contribution in [0.1, 0.15) is 25.7 Å². The highest BCUT2D eigenvalue weighted by Crippen LogP contribution is 2.25. The Kier molecular flexibility index (Phi) is 1.60. The van der Waals surface area contributed by atoms with Gasteiger partial charge in [-0.25, -0.2) is 0 Å². The number of amides is 1. The number of hydrogen-bond donors (Lipinski definition) is 2. The predicted octanol–water partition coefficient (Wildman–Crippen LogP) is 0.0186. The normalized spacial score (nSPS) is 37.6. The van der Waals surface area contributed by atoms with Crippen LogP contribution in [0, 0.1) is 0 Å². The average molecular weight is 154 g/mol. The van der Waals surface area contributed by atoms with Crippen molar-refractivity contribution >= 4 is 5.91 Å². The Balaban J connectivity index is 2.03. The zero-order chi connectivity index (χ0) is 7.73. The number of hydrogen-bond acceptors (Lipinski definition) is 2. The van der Waals surface area contributed by atoms with Gasteiger partial charge in [-0.1, -0.05) is 6.42 Å². The molecule has 2 rings (SSSR count). The molecule has 0 aromatic carbocycles. The molecule has 0 aliphatic carbocycles. The van der Waals surface area contributed by atoms with Gasteiger partial charge in [0, 0.05) is 18.5 Å². The fraction of sp³-hybridized carbons (Fsp3) is 0.875. The first-order valence-corrected chi connectivity index (χ1v) is 4.33. The Morgan fingerprint density at radius 2 is 2.27 bits per heavy atom. The summed E-state index contributed by atoms with van der Waals surface area (Å²) in [7, 11) is 0. The number of nitrogens with one attached hydrogen (secondary N) is 2. The molecule has 2 N–H and O–H groups in total. The van der Waals surface area contributed by atoms with Gasteiger partial charge in [0.2, 0.25) is 5.91 Å². The maximum atomic E-state index is 11.0. The zero-order valence-electron chi connectivity index (χ0n) is 6.65. The summed E-state index contributed by atoms with van der Waals surface area (Å²) in [5.41, 5.74) is 0.134. The van der Waals surface area contributed by atoms with Gasteiger partial charge in [0.05, 0.1) is 0 Å². The lowest BCUT2D eigenvalue weighted by Gasteiger charge is -2.32. The number of carbonyl (C=O) groups is 1. The van der Waals surface area contributed by atoms with Gasteiger partial charge in [-0.3, -0.25) is 4.79 Å². The van der Waals surface area contributed by atoms with E-state index in [4.69, 9.17) is 0 Å². The molecule has 62 valence electrons. The van der Waals surface area contributed by atoms with E-state index in [1.54, 1.807) is 0 Å². The second kappa shape index (κ2) is 2.48. The molecule has 0 unspecified atom stereocenters. The van der Waals surface area contributed by atoms with Gasteiger partial charge < -0.3 is 10.6 Å². The molecular weight excluding hydrogens is 140 g/mol. The molecular formula is C8H14N2O. The second-order valence-corrected chi connectivity index (χ2v) is 3.62. The summed E-state index contributed by atoms with van der Waals surface area (Å²) in [5.74, 6) is 0.208. The van der Waals surface area contributed by atoms with Crippen molar-refractivity contribution in [3.63, 3.8) is 0 Å². The van der Waals surface area contributed by atoms with Gasteiger partial charge in [0.15, 0.2) is 0 Å². The predicted molar refractivity (Wildman–Crippen MR) is 42.2 cm³/mol. The summed E-state index contributed by atoms with van der Waals surface area (Å²) in [4.78, 5) is 11.0. The molecule has 3 heteroatoms. The largest absolute Gasteiger partial charge is 0.354 e. The van der Waals surface area contributed by atoms with Crippen LogP contribution in [0.4, 0.5) is 0 Å². The van der Waals surface area contributed by atoms with Crippen molar-refractivity contribution in [2.24, 2.45) is 0 Å². The minimum atomic E-state index is 0.134. The molecule has 1 spiro atoms. The fourth-order valence-corrected chi connectivity index (χ4v) is 2.03. The van der Waals surface area contributed by atoms with Crippen molar-refractivity contribution in [2.75, 3.05) is 13.1 Å². The monoisotopic (exact) mass is 154 g/mol. The van der Waals surface area contributed by atoms with Gasteiger partial charge in [-0.2, -0.15) is 0 Å². The molecule has 1 amide bonds. The van der Waals surface area contributed by atoms with Crippen LogP contribution in [0.2, 0.25) is 0 Å². The lowest BCUT2D eigenvalue weighted by Crippen LogP contribution is -2.49. The van der Waals surface area contributed by atoms with Crippen molar-refractivity contribution < 1.29 is 4.79 Å². The molecule has 2 aliphatic heterocycles. The first-order valence-electron chi connectivity index (χ1n) is 4.33. The van der Waals surface area contributed by atoms with Gasteiger partial charge >= 0.3 is 0 Å². The van der Waals surface area contributed by atoms with Gasteiger partial charge in [0.25, 0.3) is 0 Å². The SMILES string of the molecule is O=C1C[C@]2(CCCCN2)CN1. The van der Waals surface area contributed by atoms with Crippen LogP contribution in [0.5, 0.6) is 0 Å². The summed E-state index contributed by atoms with van der Waals surface area (Å²) < 4.78 is 0. The second-order valence-electron chi connectivity index (χ2n) is 3.62. The highest BCUT2D eigenvalue weighted by atomic mass is 16.2. The maximum absolute atomic E-state index is 11.0. The van der Waals surface area contributed by atoms with Crippen molar-refractivity contribution in [3.05, 3.63) is 0 Å². The van der Waals surface area contributed by atoms with Crippen LogP contribution in [-0.4, -0.2) is 24.5 Å². The Morgan fingerprint density at radius 1 is 1.36 bits per heavy atom.